The van der Waals surface area contributed by atoms with Crippen LogP contribution in [-0.2, 0) is 4.74 Å². The average molecular weight is 210 g/mol. The maximum Gasteiger partial charge on any atom is 0.0667 e. The smallest absolute Gasteiger partial charge is 0.0667 e. The van der Waals surface area contributed by atoms with Gasteiger partial charge in [0, 0.05) is 25.0 Å². The highest BCUT2D eigenvalue weighted by Crippen LogP contribution is 1.90. The maximum atomic E-state index is 5.07. The summed E-state index contributed by atoms with van der Waals surface area (Å²) in [4.78, 5) is 0. The lowest BCUT2D eigenvalue weighted by atomic mass is 10.3. The molecule has 0 rings (SSSR count). The van der Waals surface area contributed by atoms with Gasteiger partial charge in [-0.05, 0) is 13.8 Å². The van der Waals surface area contributed by atoms with E-state index in [1.807, 2.05) is 6.92 Å². The second kappa shape index (κ2) is 6.13. The summed E-state index contributed by atoms with van der Waals surface area (Å²) >= 11 is 3.38. The number of ether oxygens (including phenoxy) is 1. The number of alkyl halides is 1. The van der Waals surface area contributed by atoms with Crippen LogP contribution >= 0.6 is 15.9 Å². The number of hydrogen-bond donors (Lipinski definition) is 1. The van der Waals surface area contributed by atoms with Gasteiger partial charge in [0.15, 0.2) is 0 Å². The van der Waals surface area contributed by atoms with Crippen molar-refractivity contribution in [3.8, 4) is 0 Å². The van der Waals surface area contributed by atoms with Crippen molar-refractivity contribution in [2.75, 3.05) is 19.0 Å². The third-order valence-corrected chi connectivity index (χ3v) is 2.36. The molecule has 0 fully saturated rings. The van der Waals surface area contributed by atoms with Gasteiger partial charge in [0.05, 0.1) is 6.10 Å². The van der Waals surface area contributed by atoms with Gasteiger partial charge in [0.1, 0.15) is 0 Å². The van der Waals surface area contributed by atoms with E-state index >= 15 is 0 Å². The number of nitrogens with one attached hydrogen (secondary N) is 1. The van der Waals surface area contributed by atoms with Gasteiger partial charge in [-0.15, -0.1) is 0 Å². The first-order valence-corrected chi connectivity index (χ1v) is 4.65. The summed E-state index contributed by atoms with van der Waals surface area (Å²) in [5.74, 6) is 0. The normalized spacial score (nSPS) is 16.8. The third kappa shape index (κ3) is 5.21. The lowest BCUT2D eigenvalue weighted by Gasteiger charge is -2.14. The van der Waals surface area contributed by atoms with E-state index in [-0.39, 0.29) is 0 Å². The minimum absolute atomic E-state index is 0.307. The molecular weight excluding hydrogens is 194 g/mol. The molecule has 2 nitrogen and oxygen atoms in total. The zero-order chi connectivity index (χ0) is 7.98. The van der Waals surface area contributed by atoms with Crippen molar-refractivity contribution in [2.45, 2.75) is 26.0 Å². The molecule has 1 N–H and O–H groups in total. The predicted molar refractivity (Wildman–Crippen MR) is 47.7 cm³/mol. The molecule has 62 valence electrons. The summed E-state index contributed by atoms with van der Waals surface area (Å²) in [6, 6.07) is 0.526. The molecule has 0 bridgehead atoms. The Balaban J connectivity index is 3.17. The molecule has 0 aliphatic heterocycles. The van der Waals surface area contributed by atoms with E-state index in [0.717, 1.165) is 11.9 Å². The van der Waals surface area contributed by atoms with Crippen LogP contribution in [0.4, 0.5) is 0 Å². The van der Waals surface area contributed by atoms with E-state index in [0.29, 0.717) is 12.1 Å². The predicted octanol–water partition coefficient (Wildman–Crippen LogP) is 1.39. The Kier molecular flexibility index (Phi) is 6.38. The summed E-state index contributed by atoms with van der Waals surface area (Å²) in [5, 5.41) is 4.30. The minimum atomic E-state index is 0.307. The second-order valence-electron chi connectivity index (χ2n) is 2.51. The first kappa shape index (κ1) is 10.4. The van der Waals surface area contributed by atoms with Crippen LogP contribution in [0.2, 0.25) is 0 Å². The third-order valence-electron chi connectivity index (χ3n) is 1.39. The molecule has 10 heavy (non-hydrogen) atoms. The number of halogens is 1. The van der Waals surface area contributed by atoms with Crippen molar-refractivity contribution in [3.05, 3.63) is 0 Å². The zero-order valence-electron chi connectivity index (χ0n) is 6.86. The van der Waals surface area contributed by atoms with Crippen molar-refractivity contribution in [1.29, 1.82) is 0 Å². The molecule has 3 heteroatoms. The summed E-state index contributed by atoms with van der Waals surface area (Å²) in [7, 11) is 1.73. The molecule has 0 saturated carbocycles. The van der Waals surface area contributed by atoms with E-state index in [2.05, 4.69) is 28.2 Å². The van der Waals surface area contributed by atoms with Crippen LogP contribution in [0.1, 0.15) is 13.8 Å². The molecule has 0 aliphatic rings. The Morgan fingerprint density at radius 2 is 2.10 bits per heavy atom. The molecule has 2 atom stereocenters. The highest BCUT2D eigenvalue weighted by molar-refractivity contribution is 9.09. The molecule has 0 aromatic rings. The molecule has 0 aromatic carbocycles. The summed E-state index contributed by atoms with van der Waals surface area (Å²) < 4.78 is 5.07. The van der Waals surface area contributed by atoms with Gasteiger partial charge in [-0.3, -0.25) is 0 Å². The van der Waals surface area contributed by atoms with Crippen LogP contribution in [0.25, 0.3) is 0 Å². The fraction of sp³-hybridized carbons (Fsp3) is 1.00. The fourth-order valence-corrected chi connectivity index (χ4v) is 0.734. The molecule has 0 spiro atoms. The number of rotatable bonds is 5. The van der Waals surface area contributed by atoms with Crippen molar-refractivity contribution < 1.29 is 4.74 Å². The largest absolute Gasteiger partial charge is 0.380 e. The molecule has 0 heterocycles. The Hall–Kier alpha value is 0.400. The van der Waals surface area contributed by atoms with Gasteiger partial charge in [-0.2, -0.15) is 0 Å². The number of methoxy groups -OCH3 is 1. The van der Waals surface area contributed by atoms with E-state index in [4.69, 9.17) is 4.74 Å². The van der Waals surface area contributed by atoms with Crippen LogP contribution in [0.15, 0.2) is 0 Å². The molecule has 0 aliphatic carbocycles. The average Bonchev–Trinajstić information content (AvgIpc) is 1.99. The topological polar surface area (TPSA) is 21.3 Å². The summed E-state index contributed by atoms with van der Waals surface area (Å²) in [6.07, 6.45) is 0.307. The minimum Gasteiger partial charge on any atom is -0.380 e. The molecule has 0 amide bonds. The maximum absolute atomic E-state index is 5.07. The SMILES string of the molecule is COC(C)CNC(C)CBr. The van der Waals surface area contributed by atoms with Crippen molar-refractivity contribution in [2.24, 2.45) is 0 Å². The Morgan fingerprint density at radius 1 is 1.50 bits per heavy atom. The van der Waals surface area contributed by atoms with Gasteiger partial charge < -0.3 is 10.1 Å². The lowest BCUT2D eigenvalue weighted by Crippen LogP contribution is -2.34. The van der Waals surface area contributed by atoms with Gasteiger partial charge >= 0.3 is 0 Å². The van der Waals surface area contributed by atoms with Gasteiger partial charge in [-0.1, -0.05) is 15.9 Å². The Morgan fingerprint density at radius 3 is 2.50 bits per heavy atom. The highest BCUT2D eigenvalue weighted by Gasteiger charge is 2.01. The molecular formula is C7H16BrNO. The molecule has 0 radical (unpaired) electrons. The van der Waals surface area contributed by atoms with E-state index < -0.39 is 0 Å². The Bertz CT molecular complexity index is 70.0. The second-order valence-corrected chi connectivity index (χ2v) is 3.16. The monoisotopic (exact) mass is 209 g/mol. The van der Waals surface area contributed by atoms with Crippen LogP contribution in [-0.4, -0.2) is 31.1 Å². The zero-order valence-corrected chi connectivity index (χ0v) is 8.44. The molecule has 0 saturated heterocycles. The van der Waals surface area contributed by atoms with E-state index in [1.165, 1.54) is 0 Å². The fourth-order valence-electron chi connectivity index (χ4n) is 0.505. The quantitative estimate of drug-likeness (QED) is 0.692. The van der Waals surface area contributed by atoms with E-state index in [9.17, 15) is 0 Å². The van der Waals surface area contributed by atoms with E-state index in [1.54, 1.807) is 7.11 Å². The van der Waals surface area contributed by atoms with Gasteiger partial charge in [-0.25, -0.2) is 0 Å². The van der Waals surface area contributed by atoms with Crippen molar-refractivity contribution >= 4 is 15.9 Å². The molecule has 0 aromatic heterocycles. The summed E-state index contributed by atoms with van der Waals surface area (Å²) in [6.45, 7) is 5.11. The first-order chi connectivity index (χ1) is 4.70. The molecule has 2 unspecified atom stereocenters. The van der Waals surface area contributed by atoms with Crippen molar-refractivity contribution in [1.82, 2.24) is 5.32 Å². The van der Waals surface area contributed by atoms with Crippen LogP contribution < -0.4 is 5.32 Å². The van der Waals surface area contributed by atoms with Crippen molar-refractivity contribution in [3.63, 3.8) is 0 Å². The van der Waals surface area contributed by atoms with Gasteiger partial charge in [0.2, 0.25) is 0 Å². The van der Waals surface area contributed by atoms with Crippen LogP contribution in [0.5, 0.6) is 0 Å². The number of hydrogen-bond acceptors (Lipinski definition) is 2. The highest BCUT2D eigenvalue weighted by atomic mass is 79.9. The Labute approximate surface area is 71.5 Å². The first-order valence-electron chi connectivity index (χ1n) is 3.52. The van der Waals surface area contributed by atoms with Gasteiger partial charge in [0.25, 0.3) is 0 Å². The van der Waals surface area contributed by atoms with Crippen LogP contribution in [0.3, 0.4) is 0 Å². The summed E-state index contributed by atoms with van der Waals surface area (Å²) in [5.41, 5.74) is 0. The lowest BCUT2D eigenvalue weighted by molar-refractivity contribution is 0.115. The standard InChI is InChI=1S/C7H16BrNO/c1-6(4-8)9-5-7(2)10-3/h6-7,9H,4-5H2,1-3H3. The van der Waals surface area contributed by atoms with Crippen LogP contribution in [0, 0.1) is 0 Å².